The fourth-order valence-electron chi connectivity index (χ4n) is 6.06. The van der Waals surface area contributed by atoms with Crippen LogP contribution < -0.4 is 16.8 Å². The number of nitrogens with one attached hydrogen (secondary N) is 1. The number of carbonyl (C=O) groups is 4. The van der Waals surface area contributed by atoms with Crippen LogP contribution in [0.3, 0.4) is 0 Å². The topological polar surface area (TPSA) is 139 Å². The summed E-state index contributed by atoms with van der Waals surface area (Å²) in [6.45, 7) is 1.97. The van der Waals surface area contributed by atoms with Crippen LogP contribution in [0.5, 0.6) is 0 Å². The molecule has 0 radical (unpaired) electrons. The number of nitrogens with two attached hydrogens (primary N) is 2. The quantitative estimate of drug-likeness (QED) is 0.256. The van der Waals surface area contributed by atoms with Gasteiger partial charge in [-0.05, 0) is 65.1 Å². The van der Waals surface area contributed by atoms with E-state index in [0.29, 0.717) is 28.3 Å². The van der Waals surface area contributed by atoms with Crippen LogP contribution >= 0.6 is 11.6 Å². The Hall–Kier alpha value is -4.73. The minimum atomic E-state index is -1.04. The van der Waals surface area contributed by atoms with Crippen LogP contribution in [0.1, 0.15) is 36.1 Å². The first-order valence-electron chi connectivity index (χ1n) is 14.9. The van der Waals surface area contributed by atoms with Gasteiger partial charge in [-0.1, -0.05) is 78.3 Å². The van der Waals surface area contributed by atoms with Crippen molar-refractivity contribution in [3.63, 3.8) is 0 Å². The van der Waals surface area contributed by atoms with E-state index in [0.717, 1.165) is 16.3 Å². The van der Waals surface area contributed by atoms with Crippen molar-refractivity contribution in [2.45, 2.75) is 44.3 Å². The lowest BCUT2D eigenvalue weighted by Gasteiger charge is -2.36. The number of hydrogen-bond donors (Lipinski definition) is 3. The molecule has 5 rings (SSSR count). The molecule has 4 aromatic carbocycles. The van der Waals surface area contributed by atoms with E-state index in [4.69, 9.17) is 23.1 Å². The number of anilines is 1. The van der Waals surface area contributed by atoms with Crippen molar-refractivity contribution in [3.8, 4) is 0 Å². The van der Waals surface area contributed by atoms with E-state index in [1.165, 1.54) is 4.90 Å². The number of benzene rings is 4. The molecule has 0 aromatic heterocycles. The third-order valence-electron chi connectivity index (χ3n) is 8.26. The van der Waals surface area contributed by atoms with Crippen LogP contribution in [0, 0.1) is 0 Å². The molecular formula is C35H36ClN5O4. The first kappa shape index (κ1) is 31.7. The third kappa shape index (κ3) is 7.16. The van der Waals surface area contributed by atoms with Gasteiger partial charge in [-0.3, -0.25) is 19.2 Å². The van der Waals surface area contributed by atoms with E-state index in [1.54, 1.807) is 53.4 Å². The average molecular weight is 626 g/mol. The van der Waals surface area contributed by atoms with Gasteiger partial charge in [-0.15, -0.1) is 0 Å². The van der Waals surface area contributed by atoms with Gasteiger partial charge in [0.25, 0.3) is 5.91 Å². The van der Waals surface area contributed by atoms with Gasteiger partial charge in [0.15, 0.2) is 0 Å². The highest BCUT2D eigenvalue weighted by Gasteiger charge is 2.43. The van der Waals surface area contributed by atoms with Crippen molar-refractivity contribution in [2.75, 3.05) is 18.4 Å². The third-order valence-corrected chi connectivity index (χ3v) is 8.49. The Balaban J connectivity index is 1.50. The number of primary amides is 1. The summed E-state index contributed by atoms with van der Waals surface area (Å²) in [5.41, 5.74) is 14.0. The zero-order chi connectivity index (χ0) is 32.1. The van der Waals surface area contributed by atoms with Gasteiger partial charge in [0, 0.05) is 29.7 Å². The van der Waals surface area contributed by atoms with Crippen molar-refractivity contribution < 1.29 is 19.2 Å². The van der Waals surface area contributed by atoms with Crippen LogP contribution in [-0.4, -0.2) is 58.6 Å². The molecule has 0 saturated carbocycles. The van der Waals surface area contributed by atoms with Crippen molar-refractivity contribution >= 4 is 51.7 Å². The maximum atomic E-state index is 14.6. The van der Waals surface area contributed by atoms with Gasteiger partial charge >= 0.3 is 0 Å². The minimum absolute atomic E-state index is 0.0176. The molecule has 0 aliphatic carbocycles. The van der Waals surface area contributed by atoms with Crippen LogP contribution in [0.4, 0.5) is 5.69 Å². The van der Waals surface area contributed by atoms with Gasteiger partial charge < -0.3 is 26.6 Å². The van der Waals surface area contributed by atoms with Gasteiger partial charge in [0.05, 0.1) is 13.0 Å². The second-order valence-corrected chi connectivity index (χ2v) is 11.8. The lowest BCUT2D eigenvalue weighted by Crippen LogP contribution is -2.52. The fourth-order valence-corrected chi connectivity index (χ4v) is 6.26. The summed E-state index contributed by atoms with van der Waals surface area (Å²) in [4.78, 5) is 56.7. The van der Waals surface area contributed by atoms with Crippen LogP contribution in [0.2, 0.25) is 5.02 Å². The Bertz CT molecular complexity index is 1740. The number of nitrogens with zero attached hydrogens (tertiary/aromatic N) is 2. The van der Waals surface area contributed by atoms with E-state index in [9.17, 15) is 19.2 Å². The average Bonchev–Trinajstić information content (AvgIpc) is 3.15. The van der Waals surface area contributed by atoms with E-state index in [2.05, 4.69) is 5.32 Å². The Morgan fingerprint density at radius 1 is 0.978 bits per heavy atom. The summed E-state index contributed by atoms with van der Waals surface area (Å²) < 4.78 is 0. The van der Waals surface area contributed by atoms with Crippen LogP contribution in [0.15, 0.2) is 91.0 Å². The predicted molar refractivity (Wildman–Crippen MR) is 175 cm³/mol. The number of carbonyl (C=O) groups excluding carboxylic acids is 4. The molecule has 1 aliphatic heterocycles. The predicted octanol–water partition coefficient (Wildman–Crippen LogP) is 4.22. The standard InChI is InChI=1S/C35H36ClN5O4/c1-22-15-16-40(30(34(38)44)20-25-10-5-9-24-8-2-3-14-29(24)25)35(45)33(26-11-6-12-27(36)19-26)41(22)32(43)18-23-7-4-13-28(17-23)39-31(42)21-37/h2-14,17,19,22,30,33H,15-16,18,20-21,37H2,1H3,(H2,38,44)(H,39,42). The molecule has 9 nitrogen and oxygen atoms in total. The van der Waals surface area contributed by atoms with Crippen molar-refractivity contribution in [1.29, 1.82) is 0 Å². The van der Waals surface area contributed by atoms with Gasteiger partial charge in [-0.2, -0.15) is 0 Å². The largest absolute Gasteiger partial charge is 0.368 e. The van der Waals surface area contributed by atoms with E-state index in [-0.39, 0.29) is 43.8 Å². The molecule has 232 valence electrons. The molecule has 4 aromatic rings. The van der Waals surface area contributed by atoms with Crippen molar-refractivity contribution in [2.24, 2.45) is 11.5 Å². The number of amides is 4. The molecule has 4 amide bonds. The maximum absolute atomic E-state index is 14.6. The molecule has 0 bridgehead atoms. The number of rotatable bonds is 9. The minimum Gasteiger partial charge on any atom is -0.368 e. The summed E-state index contributed by atoms with van der Waals surface area (Å²) >= 11 is 6.38. The molecule has 5 N–H and O–H groups in total. The summed E-state index contributed by atoms with van der Waals surface area (Å²) in [6, 6.07) is 25.2. The first-order chi connectivity index (χ1) is 21.7. The highest BCUT2D eigenvalue weighted by molar-refractivity contribution is 6.30. The Morgan fingerprint density at radius 2 is 1.71 bits per heavy atom. The molecule has 1 aliphatic rings. The molecule has 0 spiro atoms. The fraction of sp³-hybridized carbons (Fsp3) is 0.257. The summed E-state index contributed by atoms with van der Waals surface area (Å²) in [5, 5.41) is 5.13. The molecule has 1 heterocycles. The molecule has 1 saturated heterocycles. The Kier molecular flexibility index (Phi) is 9.80. The number of fused-ring (bicyclic) bond motifs is 1. The van der Waals surface area contributed by atoms with Crippen LogP contribution in [0.25, 0.3) is 10.8 Å². The molecule has 10 heteroatoms. The second-order valence-electron chi connectivity index (χ2n) is 11.3. The molecule has 3 atom stereocenters. The van der Waals surface area contributed by atoms with Crippen LogP contribution in [-0.2, 0) is 32.0 Å². The first-order valence-corrected chi connectivity index (χ1v) is 15.3. The smallest absolute Gasteiger partial charge is 0.250 e. The van der Waals surface area contributed by atoms with Crippen molar-refractivity contribution in [3.05, 3.63) is 113 Å². The molecule has 1 fully saturated rings. The molecule has 45 heavy (non-hydrogen) atoms. The van der Waals surface area contributed by atoms with E-state index < -0.39 is 23.9 Å². The zero-order valence-electron chi connectivity index (χ0n) is 25.0. The Labute approximate surface area is 267 Å². The zero-order valence-corrected chi connectivity index (χ0v) is 25.7. The highest BCUT2D eigenvalue weighted by atomic mass is 35.5. The van der Waals surface area contributed by atoms with Gasteiger partial charge in [0.2, 0.25) is 17.7 Å². The second kappa shape index (κ2) is 13.9. The molecule has 3 unspecified atom stereocenters. The lowest BCUT2D eigenvalue weighted by atomic mass is 9.96. The normalized spacial score (nSPS) is 17.5. The number of halogens is 1. The Morgan fingerprint density at radius 3 is 2.47 bits per heavy atom. The number of hydrogen-bond acceptors (Lipinski definition) is 5. The monoisotopic (exact) mass is 625 g/mol. The van der Waals surface area contributed by atoms with E-state index in [1.807, 2.05) is 49.4 Å². The van der Waals surface area contributed by atoms with Crippen molar-refractivity contribution in [1.82, 2.24) is 9.80 Å². The lowest BCUT2D eigenvalue weighted by molar-refractivity contribution is -0.148. The summed E-state index contributed by atoms with van der Waals surface area (Å²) in [5.74, 6) is -1.65. The van der Waals surface area contributed by atoms with Gasteiger partial charge in [-0.25, -0.2) is 0 Å². The summed E-state index contributed by atoms with van der Waals surface area (Å²) in [7, 11) is 0. The summed E-state index contributed by atoms with van der Waals surface area (Å²) in [6.07, 6.45) is 0.644. The highest BCUT2D eigenvalue weighted by Crippen LogP contribution is 2.33. The van der Waals surface area contributed by atoms with Gasteiger partial charge in [0.1, 0.15) is 12.1 Å². The van der Waals surface area contributed by atoms with E-state index >= 15 is 0 Å². The SMILES string of the molecule is CC1CCN(C(Cc2cccc3ccccc23)C(N)=O)C(=O)C(c2cccc(Cl)c2)N1C(=O)Cc1cccc(NC(=O)CN)c1. The molecular weight excluding hydrogens is 590 g/mol. The maximum Gasteiger partial charge on any atom is 0.250 e.